The summed E-state index contributed by atoms with van der Waals surface area (Å²) in [5, 5.41) is 3.01. The maximum Gasteiger partial charge on any atom is 0.251 e. The lowest BCUT2D eigenvalue weighted by atomic mass is 10.0. The van der Waals surface area contributed by atoms with E-state index in [4.69, 9.17) is 9.47 Å². The number of rotatable bonds is 5. The molecule has 0 saturated carbocycles. The van der Waals surface area contributed by atoms with Gasteiger partial charge in [0.05, 0.1) is 20.3 Å². The molecule has 0 aliphatic carbocycles. The van der Waals surface area contributed by atoms with Gasteiger partial charge in [0, 0.05) is 5.56 Å². The van der Waals surface area contributed by atoms with Crippen LogP contribution in [0.4, 0.5) is 0 Å². The molecule has 0 radical (unpaired) electrons. The van der Waals surface area contributed by atoms with E-state index in [2.05, 4.69) is 31.3 Å². The Kier molecular flexibility index (Phi) is 5.27. The van der Waals surface area contributed by atoms with Gasteiger partial charge in [0.1, 0.15) is 0 Å². The molecular formula is C19H23NO3. The highest BCUT2D eigenvalue weighted by atomic mass is 16.5. The van der Waals surface area contributed by atoms with Crippen molar-refractivity contribution in [3.63, 3.8) is 0 Å². The van der Waals surface area contributed by atoms with Crippen LogP contribution in [0.2, 0.25) is 0 Å². The zero-order chi connectivity index (χ0) is 17.0. The molecular weight excluding hydrogens is 290 g/mol. The molecule has 0 heterocycles. The monoisotopic (exact) mass is 313 g/mol. The van der Waals surface area contributed by atoms with Crippen LogP contribution < -0.4 is 14.8 Å². The Hall–Kier alpha value is -2.49. The number of benzene rings is 2. The van der Waals surface area contributed by atoms with E-state index in [1.165, 1.54) is 11.1 Å². The van der Waals surface area contributed by atoms with Gasteiger partial charge in [-0.2, -0.15) is 0 Å². The van der Waals surface area contributed by atoms with E-state index in [0.717, 1.165) is 5.56 Å². The third kappa shape index (κ3) is 3.83. The number of carbonyl (C=O) groups is 1. The van der Waals surface area contributed by atoms with Crippen LogP contribution in [0.5, 0.6) is 11.5 Å². The van der Waals surface area contributed by atoms with Gasteiger partial charge in [-0.05, 0) is 55.7 Å². The van der Waals surface area contributed by atoms with Gasteiger partial charge >= 0.3 is 0 Å². The van der Waals surface area contributed by atoms with E-state index < -0.39 is 0 Å². The van der Waals surface area contributed by atoms with Crippen LogP contribution in [0.3, 0.4) is 0 Å². The molecule has 1 N–H and O–H groups in total. The molecule has 0 fully saturated rings. The molecule has 122 valence electrons. The van der Waals surface area contributed by atoms with Crippen LogP contribution in [-0.2, 0) is 0 Å². The van der Waals surface area contributed by atoms with Crippen molar-refractivity contribution in [3.8, 4) is 11.5 Å². The number of aryl methyl sites for hydroxylation is 2. The molecule has 1 amide bonds. The zero-order valence-electron chi connectivity index (χ0n) is 14.3. The van der Waals surface area contributed by atoms with Crippen molar-refractivity contribution in [1.82, 2.24) is 5.32 Å². The van der Waals surface area contributed by atoms with Crippen LogP contribution in [-0.4, -0.2) is 20.1 Å². The van der Waals surface area contributed by atoms with Gasteiger partial charge in [-0.3, -0.25) is 4.79 Å². The lowest BCUT2D eigenvalue weighted by molar-refractivity contribution is 0.0939. The first-order valence-electron chi connectivity index (χ1n) is 7.56. The van der Waals surface area contributed by atoms with E-state index >= 15 is 0 Å². The molecule has 0 aliphatic heterocycles. The molecule has 2 aromatic carbocycles. The van der Waals surface area contributed by atoms with Gasteiger partial charge in [-0.1, -0.05) is 18.2 Å². The Morgan fingerprint density at radius 3 is 2.26 bits per heavy atom. The van der Waals surface area contributed by atoms with Gasteiger partial charge < -0.3 is 14.8 Å². The molecule has 4 nitrogen and oxygen atoms in total. The highest BCUT2D eigenvalue weighted by Gasteiger charge is 2.14. The topological polar surface area (TPSA) is 47.6 Å². The van der Waals surface area contributed by atoms with E-state index in [9.17, 15) is 4.79 Å². The first-order valence-corrected chi connectivity index (χ1v) is 7.56. The van der Waals surface area contributed by atoms with Crippen LogP contribution in [0.15, 0.2) is 36.4 Å². The van der Waals surface area contributed by atoms with E-state index in [1.807, 2.05) is 13.0 Å². The van der Waals surface area contributed by atoms with Crippen molar-refractivity contribution in [1.29, 1.82) is 0 Å². The first kappa shape index (κ1) is 16.9. The quantitative estimate of drug-likeness (QED) is 0.913. The van der Waals surface area contributed by atoms with Crippen molar-refractivity contribution in [2.24, 2.45) is 0 Å². The standard InChI is InChI=1S/C19H23NO3/c1-12-6-7-15(10-13(12)2)14(3)20-19(21)16-8-9-17(22-4)18(11-16)23-5/h6-11,14H,1-5H3,(H,20,21)/t14-/m1/s1. The first-order chi connectivity index (χ1) is 11.0. The van der Waals surface area contributed by atoms with E-state index in [0.29, 0.717) is 17.1 Å². The third-order valence-electron chi connectivity index (χ3n) is 4.02. The number of methoxy groups -OCH3 is 2. The fourth-order valence-electron chi connectivity index (χ4n) is 2.37. The zero-order valence-corrected chi connectivity index (χ0v) is 14.3. The van der Waals surface area contributed by atoms with Gasteiger partial charge in [0.15, 0.2) is 11.5 Å². The van der Waals surface area contributed by atoms with Gasteiger partial charge in [0.2, 0.25) is 0 Å². The van der Waals surface area contributed by atoms with Crippen LogP contribution in [0, 0.1) is 13.8 Å². The Morgan fingerprint density at radius 1 is 0.957 bits per heavy atom. The maximum atomic E-state index is 12.4. The Morgan fingerprint density at radius 2 is 1.65 bits per heavy atom. The largest absolute Gasteiger partial charge is 0.493 e. The van der Waals surface area contributed by atoms with Gasteiger partial charge in [-0.25, -0.2) is 0 Å². The van der Waals surface area contributed by atoms with Crippen LogP contribution in [0.25, 0.3) is 0 Å². The minimum Gasteiger partial charge on any atom is -0.493 e. The van der Waals surface area contributed by atoms with Gasteiger partial charge in [0.25, 0.3) is 5.91 Å². The second-order valence-corrected chi connectivity index (χ2v) is 5.61. The van der Waals surface area contributed by atoms with Crippen LogP contribution in [0.1, 0.15) is 40.0 Å². The SMILES string of the molecule is COc1ccc(C(=O)N[C@H](C)c2ccc(C)c(C)c2)cc1OC. The fourth-order valence-corrected chi connectivity index (χ4v) is 2.37. The normalized spacial score (nSPS) is 11.7. The average molecular weight is 313 g/mol. The molecule has 0 aromatic heterocycles. The number of hydrogen-bond donors (Lipinski definition) is 1. The predicted molar refractivity (Wildman–Crippen MR) is 91.3 cm³/mol. The average Bonchev–Trinajstić information content (AvgIpc) is 2.56. The van der Waals surface area contributed by atoms with E-state index in [1.54, 1.807) is 32.4 Å². The summed E-state index contributed by atoms with van der Waals surface area (Å²) in [7, 11) is 3.12. The molecule has 0 bridgehead atoms. The Bertz CT molecular complexity index is 710. The summed E-state index contributed by atoms with van der Waals surface area (Å²) in [5.41, 5.74) is 4.09. The van der Waals surface area contributed by atoms with Crippen LogP contribution >= 0.6 is 0 Å². The minimum absolute atomic E-state index is 0.0742. The Balaban J connectivity index is 2.16. The number of carbonyl (C=O) groups excluding carboxylic acids is 1. The fraction of sp³-hybridized carbons (Fsp3) is 0.316. The van der Waals surface area contributed by atoms with Crippen molar-refractivity contribution in [2.45, 2.75) is 26.8 Å². The number of ether oxygens (including phenoxy) is 2. The molecule has 0 saturated heterocycles. The van der Waals surface area contributed by atoms with E-state index in [-0.39, 0.29) is 11.9 Å². The molecule has 2 aromatic rings. The molecule has 0 aliphatic rings. The molecule has 4 heteroatoms. The highest BCUT2D eigenvalue weighted by molar-refractivity contribution is 5.95. The highest BCUT2D eigenvalue weighted by Crippen LogP contribution is 2.27. The summed E-state index contributed by atoms with van der Waals surface area (Å²) in [6, 6.07) is 11.3. The number of amides is 1. The van der Waals surface area contributed by atoms with Gasteiger partial charge in [-0.15, -0.1) is 0 Å². The summed E-state index contributed by atoms with van der Waals surface area (Å²) in [4.78, 5) is 12.4. The van der Waals surface area contributed by atoms with Crippen molar-refractivity contribution < 1.29 is 14.3 Å². The second kappa shape index (κ2) is 7.18. The summed E-state index contributed by atoms with van der Waals surface area (Å²) in [5.74, 6) is 1.00. The lowest BCUT2D eigenvalue weighted by Gasteiger charge is -2.16. The van der Waals surface area contributed by atoms with Crippen molar-refractivity contribution >= 4 is 5.91 Å². The maximum absolute atomic E-state index is 12.4. The number of hydrogen-bond acceptors (Lipinski definition) is 3. The summed E-state index contributed by atoms with van der Waals surface area (Å²) < 4.78 is 10.4. The number of nitrogens with one attached hydrogen (secondary N) is 1. The second-order valence-electron chi connectivity index (χ2n) is 5.61. The Labute approximate surface area is 137 Å². The summed E-state index contributed by atoms with van der Waals surface area (Å²) in [6.45, 7) is 6.12. The lowest BCUT2D eigenvalue weighted by Crippen LogP contribution is -2.26. The molecule has 1 atom stereocenters. The predicted octanol–water partition coefficient (Wildman–Crippen LogP) is 3.81. The molecule has 23 heavy (non-hydrogen) atoms. The molecule has 0 spiro atoms. The summed E-state index contributed by atoms with van der Waals surface area (Å²) >= 11 is 0. The molecule has 2 rings (SSSR count). The summed E-state index contributed by atoms with van der Waals surface area (Å²) in [6.07, 6.45) is 0. The minimum atomic E-state index is -0.142. The van der Waals surface area contributed by atoms with Crippen molar-refractivity contribution in [2.75, 3.05) is 14.2 Å². The smallest absolute Gasteiger partial charge is 0.251 e. The third-order valence-corrected chi connectivity index (χ3v) is 4.02. The van der Waals surface area contributed by atoms with Crippen molar-refractivity contribution in [3.05, 3.63) is 58.7 Å². The molecule has 0 unspecified atom stereocenters.